The van der Waals surface area contributed by atoms with Gasteiger partial charge >= 0.3 is 6.18 Å². The predicted molar refractivity (Wildman–Crippen MR) is 54.9 cm³/mol. The van der Waals surface area contributed by atoms with Crippen molar-refractivity contribution in [1.29, 1.82) is 0 Å². The van der Waals surface area contributed by atoms with Crippen molar-refractivity contribution in [3.05, 3.63) is 35.4 Å². The number of nitrogens with one attached hydrogen (secondary N) is 1. The van der Waals surface area contributed by atoms with Crippen molar-refractivity contribution in [3.63, 3.8) is 0 Å². The minimum Gasteiger partial charge on any atom is -0.387 e. The summed E-state index contributed by atoms with van der Waals surface area (Å²) in [5.74, 6) is -2.15. The summed E-state index contributed by atoms with van der Waals surface area (Å²) in [4.78, 5) is 0. The number of aliphatic hydroxyl groups excluding tert-OH is 1. The Labute approximate surface area is 100 Å². The number of hydrogen-bond acceptors (Lipinski definition) is 2. The predicted octanol–water partition coefficient (Wildman–Crippen LogP) is 2.54. The molecule has 0 saturated carbocycles. The molecule has 0 bridgehead atoms. The van der Waals surface area contributed by atoms with Crippen molar-refractivity contribution in [2.45, 2.75) is 18.7 Å². The largest absolute Gasteiger partial charge is 0.390 e. The van der Waals surface area contributed by atoms with Crippen LogP contribution in [0.5, 0.6) is 0 Å². The minimum absolute atomic E-state index is 0.105. The zero-order valence-corrected chi connectivity index (χ0v) is 9.27. The maximum absolute atomic E-state index is 12.8. The van der Waals surface area contributed by atoms with E-state index in [9.17, 15) is 27.1 Å². The molecule has 1 aromatic carbocycles. The van der Waals surface area contributed by atoms with Gasteiger partial charge in [0, 0.05) is 13.1 Å². The third kappa shape index (κ3) is 4.97. The number of rotatable bonds is 5. The maximum Gasteiger partial charge on any atom is 0.390 e. The van der Waals surface area contributed by atoms with E-state index in [1.165, 1.54) is 6.07 Å². The first-order valence-electron chi connectivity index (χ1n) is 5.20. The second kappa shape index (κ2) is 6.10. The molecule has 0 fully saturated rings. The lowest BCUT2D eigenvalue weighted by atomic mass is 10.1. The van der Waals surface area contributed by atoms with Gasteiger partial charge in [0.15, 0.2) is 11.6 Å². The molecular formula is C11H12F5NO. The fourth-order valence-electron chi connectivity index (χ4n) is 1.31. The van der Waals surface area contributed by atoms with E-state index >= 15 is 0 Å². The molecule has 2 N–H and O–H groups in total. The molecule has 0 heterocycles. The Morgan fingerprint density at radius 3 is 2.39 bits per heavy atom. The Morgan fingerprint density at radius 1 is 1.17 bits per heavy atom. The average molecular weight is 269 g/mol. The maximum atomic E-state index is 12.8. The lowest BCUT2D eigenvalue weighted by Gasteiger charge is -2.13. The molecule has 0 radical (unpaired) electrons. The summed E-state index contributed by atoms with van der Waals surface area (Å²) in [5.41, 5.74) is 0.105. The molecule has 18 heavy (non-hydrogen) atoms. The number of aliphatic hydroxyl groups is 1. The highest BCUT2D eigenvalue weighted by Gasteiger charge is 2.26. The summed E-state index contributed by atoms with van der Waals surface area (Å²) in [6, 6.07) is 2.84. The lowest BCUT2D eigenvalue weighted by molar-refractivity contribution is -0.133. The van der Waals surface area contributed by atoms with E-state index in [1.54, 1.807) is 0 Å². The van der Waals surface area contributed by atoms with Crippen molar-refractivity contribution >= 4 is 0 Å². The van der Waals surface area contributed by atoms with Crippen LogP contribution in [0, 0.1) is 11.6 Å². The highest BCUT2D eigenvalue weighted by atomic mass is 19.4. The van der Waals surface area contributed by atoms with Crippen LogP contribution in [0.15, 0.2) is 18.2 Å². The first kappa shape index (κ1) is 14.8. The van der Waals surface area contributed by atoms with E-state index in [2.05, 4.69) is 5.32 Å². The molecule has 0 aromatic heterocycles. The molecule has 1 aromatic rings. The van der Waals surface area contributed by atoms with Crippen molar-refractivity contribution in [3.8, 4) is 0 Å². The highest BCUT2D eigenvalue weighted by Crippen LogP contribution is 2.19. The summed E-state index contributed by atoms with van der Waals surface area (Å²) in [6.45, 7) is -0.509. The van der Waals surface area contributed by atoms with Gasteiger partial charge in [-0.1, -0.05) is 6.07 Å². The molecule has 0 aliphatic carbocycles. The summed E-state index contributed by atoms with van der Waals surface area (Å²) < 4.78 is 60.9. The van der Waals surface area contributed by atoms with Crippen LogP contribution >= 0.6 is 0 Å². The van der Waals surface area contributed by atoms with Gasteiger partial charge in [0.1, 0.15) is 0 Å². The second-order valence-corrected chi connectivity index (χ2v) is 3.76. The van der Waals surface area contributed by atoms with Gasteiger partial charge in [0.05, 0.1) is 12.5 Å². The summed E-state index contributed by atoms with van der Waals surface area (Å²) >= 11 is 0. The van der Waals surface area contributed by atoms with E-state index in [-0.39, 0.29) is 18.7 Å². The molecular weight excluding hydrogens is 257 g/mol. The molecule has 0 spiro atoms. The van der Waals surface area contributed by atoms with Crippen LogP contribution in [0.1, 0.15) is 18.1 Å². The van der Waals surface area contributed by atoms with E-state index < -0.39 is 30.3 Å². The lowest BCUT2D eigenvalue weighted by Crippen LogP contribution is -2.26. The molecule has 2 nitrogen and oxygen atoms in total. The van der Waals surface area contributed by atoms with Crippen molar-refractivity contribution < 1.29 is 27.1 Å². The van der Waals surface area contributed by atoms with Gasteiger partial charge in [0.2, 0.25) is 0 Å². The fourth-order valence-corrected chi connectivity index (χ4v) is 1.31. The van der Waals surface area contributed by atoms with Gasteiger partial charge in [-0.2, -0.15) is 13.2 Å². The number of benzene rings is 1. The van der Waals surface area contributed by atoms with Gasteiger partial charge in [-0.15, -0.1) is 0 Å². The van der Waals surface area contributed by atoms with Gasteiger partial charge in [-0.05, 0) is 17.7 Å². The minimum atomic E-state index is -4.26. The molecule has 102 valence electrons. The average Bonchev–Trinajstić information content (AvgIpc) is 2.26. The van der Waals surface area contributed by atoms with Crippen molar-refractivity contribution in [2.24, 2.45) is 0 Å². The molecule has 0 saturated heterocycles. The molecule has 0 amide bonds. The SMILES string of the molecule is OC(CNCCC(F)(F)F)c1ccc(F)c(F)c1. The highest BCUT2D eigenvalue weighted by molar-refractivity contribution is 5.20. The standard InChI is InChI=1S/C11H12F5NO/c12-8-2-1-7(5-9(8)13)10(18)6-17-4-3-11(14,15)16/h1-2,5,10,17-18H,3-4,6H2. The van der Waals surface area contributed by atoms with Crippen LogP contribution in [0.25, 0.3) is 0 Å². The van der Waals surface area contributed by atoms with Crippen molar-refractivity contribution in [2.75, 3.05) is 13.1 Å². The zero-order valence-electron chi connectivity index (χ0n) is 9.27. The topological polar surface area (TPSA) is 32.3 Å². The molecule has 0 aliphatic rings. The zero-order chi connectivity index (χ0) is 13.8. The number of hydrogen-bond donors (Lipinski definition) is 2. The van der Waals surface area contributed by atoms with Gasteiger partial charge in [-0.25, -0.2) is 8.78 Å². The monoisotopic (exact) mass is 269 g/mol. The summed E-state index contributed by atoms with van der Waals surface area (Å²) in [6.07, 6.45) is -6.47. The quantitative estimate of drug-likeness (QED) is 0.636. The molecule has 7 heteroatoms. The smallest absolute Gasteiger partial charge is 0.387 e. The molecule has 1 unspecified atom stereocenters. The van der Waals surface area contributed by atoms with Crippen LogP contribution < -0.4 is 5.32 Å². The van der Waals surface area contributed by atoms with Crippen molar-refractivity contribution in [1.82, 2.24) is 5.32 Å². The fraction of sp³-hybridized carbons (Fsp3) is 0.455. The van der Waals surface area contributed by atoms with E-state index in [0.29, 0.717) is 0 Å². The third-order valence-electron chi connectivity index (χ3n) is 2.25. The van der Waals surface area contributed by atoms with Gasteiger partial charge in [-0.3, -0.25) is 0 Å². The molecule has 1 rings (SSSR count). The first-order valence-corrected chi connectivity index (χ1v) is 5.20. The van der Waals surface area contributed by atoms with Crippen LogP contribution in [-0.2, 0) is 0 Å². The van der Waals surface area contributed by atoms with Gasteiger partial charge in [0.25, 0.3) is 0 Å². The normalized spacial score (nSPS) is 13.7. The molecule has 0 aliphatic heterocycles. The Kier molecular flexibility index (Phi) is 5.03. The van der Waals surface area contributed by atoms with E-state index in [1.807, 2.05) is 0 Å². The Bertz CT molecular complexity index is 394. The Balaban J connectivity index is 2.41. The Hall–Kier alpha value is -1.21. The van der Waals surface area contributed by atoms with E-state index in [0.717, 1.165) is 12.1 Å². The van der Waals surface area contributed by atoms with Crippen LogP contribution in [0.2, 0.25) is 0 Å². The second-order valence-electron chi connectivity index (χ2n) is 3.76. The van der Waals surface area contributed by atoms with Crippen LogP contribution in [0.3, 0.4) is 0 Å². The molecule has 1 atom stereocenters. The number of halogens is 5. The number of alkyl halides is 3. The van der Waals surface area contributed by atoms with Gasteiger partial charge < -0.3 is 10.4 Å². The summed E-state index contributed by atoms with van der Waals surface area (Å²) in [5, 5.41) is 11.9. The van der Waals surface area contributed by atoms with Crippen LogP contribution in [-0.4, -0.2) is 24.4 Å². The third-order valence-corrected chi connectivity index (χ3v) is 2.25. The first-order chi connectivity index (χ1) is 8.29. The van der Waals surface area contributed by atoms with Crippen LogP contribution in [0.4, 0.5) is 22.0 Å². The Morgan fingerprint density at radius 2 is 1.83 bits per heavy atom. The van der Waals surface area contributed by atoms with E-state index in [4.69, 9.17) is 0 Å². The summed E-state index contributed by atoms with van der Waals surface area (Å²) in [7, 11) is 0.